The number of hydrogen-bond donors (Lipinski definition) is 1. The number of carbonyl (C=O) groups excluding carboxylic acids is 2. The van der Waals surface area contributed by atoms with E-state index in [1.165, 1.54) is 4.90 Å². The van der Waals surface area contributed by atoms with E-state index < -0.39 is 23.9 Å². The van der Waals surface area contributed by atoms with Crippen molar-refractivity contribution in [3.8, 4) is 34.8 Å². The van der Waals surface area contributed by atoms with Gasteiger partial charge in [-0.15, -0.1) is 0 Å². The Bertz CT molecular complexity index is 1900. The lowest BCUT2D eigenvalue weighted by Gasteiger charge is -2.60. The molecule has 48 heavy (non-hydrogen) atoms. The van der Waals surface area contributed by atoms with Gasteiger partial charge in [0.05, 0.1) is 36.4 Å². The highest BCUT2D eigenvalue weighted by molar-refractivity contribution is 6.21. The highest BCUT2D eigenvalue weighted by Crippen LogP contribution is 2.58. The van der Waals surface area contributed by atoms with Gasteiger partial charge in [0.2, 0.25) is 6.79 Å². The number of fused-ring (bicyclic) bond motifs is 10. The molecule has 3 unspecified atom stereocenters. The number of carbonyl (C=O) groups is 2. The zero-order chi connectivity index (χ0) is 33.6. The van der Waals surface area contributed by atoms with E-state index in [0.717, 1.165) is 16.7 Å². The van der Waals surface area contributed by atoms with Crippen LogP contribution in [-0.4, -0.2) is 91.1 Å². The Morgan fingerprint density at radius 1 is 1.00 bits per heavy atom. The molecule has 2 amide bonds. The van der Waals surface area contributed by atoms with E-state index in [1.54, 1.807) is 45.4 Å². The Morgan fingerprint density at radius 3 is 2.38 bits per heavy atom. The molecule has 3 aromatic carbocycles. The standard InChI is InChI=1S/C36H36N4O8/c1-17-10-19-11-23-25(13-37)40-24(29(38(23)3)27(19)33(31(17)45-5)46-15-44-4)12-22-28(34-32(47-16-48-34)18(2)30(22)41)26(40)14-39-35(42)20-8-6-7-9-21(20)36(39)43/h6-10,23-26,29,41H,11-12,14-16H2,1-5H3/t23?,24?,25?,26-,29-/m0/s1. The number of piperazine rings is 1. The molecule has 0 spiro atoms. The molecule has 1 fully saturated rings. The lowest BCUT2D eigenvalue weighted by atomic mass is 9.71. The fraction of sp³-hybridized carbons (Fsp3) is 0.417. The van der Waals surface area contributed by atoms with Crippen LogP contribution in [0.5, 0.6) is 28.7 Å². The van der Waals surface area contributed by atoms with Crippen LogP contribution in [0.25, 0.3) is 0 Å². The first kappa shape index (κ1) is 30.5. The average Bonchev–Trinajstić information content (AvgIpc) is 3.66. The number of rotatable bonds is 6. The van der Waals surface area contributed by atoms with E-state index in [1.807, 2.05) is 14.0 Å². The Hall–Kier alpha value is -4.83. The van der Waals surface area contributed by atoms with Crippen LogP contribution in [0, 0.1) is 25.2 Å². The van der Waals surface area contributed by atoms with Crippen molar-refractivity contribution >= 4 is 11.8 Å². The van der Waals surface area contributed by atoms with Crippen molar-refractivity contribution in [1.82, 2.24) is 14.7 Å². The first-order valence-electron chi connectivity index (χ1n) is 16.0. The normalized spacial score (nSPS) is 25.2. The highest BCUT2D eigenvalue weighted by atomic mass is 16.7. The number of nitrogens with zero attached hydrogens (tertiary/aromatic N) is 4. The van der Waals surface area contributed by atoms with Crippen molar-refractivity contribution in [2.45, 2.75) is 56.9 Å². The zero-order valence-electron chi connectivity index (χ0n) is 27.4. The Kier molecular flexibility index (Phi) is 7.07. The summed E-state index contributed by atoms with van der Waals surface area (Å²) in [5, 5.41) is 22.7. The van der Waals surface area contributed by atoms with Crippen LogP contribution >= 0.6 is 0 Å². The minimum absolute atomic E-state index is 0.00990. The van der Waals surface area contributed by atoms with E-state index in [2.05, 4.69) is 21.9 Å². The molecule has 8 rings (SSSR count). The predicted molar refractivity (Wildman–Crippen MR) is 170 cm³/mol. The Balaban J connectivity index is 1.35. The molecule has 5 aliphatic heterocycles. The number of nitriles is 1. The fourth-order valence-electron chi connectivity index (χ4n) is 8.84. The van der Waals surface area contributed by atoms with Gasteiger partial charge in [0.25, 0.3) is 11.8 Å². The minimum atomic E-state index is -0.691. The van der Waals surface area contributed by atoms with Gasteiger partial charge in [-0.3, -0.25) is 24.3 Å². The lowest BCUT2D eigenvalue weighted by molar-refractivity contribution is -0.0766. The maximum atomic E-state index is 13.8. The van der Waals surface area contributed by atoms with Crippen LogP contribution in [0.2, 0.25) is 0 Å². The molecular formula is C36H36N4O8. The number of phenols is 1. The molecule has 1 N–H and O–H groups in total. The van der Waals surface area contributed by atoms with Crippen molar-refractivity contribution in [2.24, 2.45) is 0 Å². The van der Waals surface area contributed by atoms with Gasteiger partial charge in [-0.25, -0.2) is 0 Å². The molecule has 0 radical (unpaired) electrons. The van der Waals surface area contributed by atoms with Gasteiger partial charge < -0.3 is 28.8 Å². The Labute approximate surface area is 277 Å². The van der Waals surface area contributed by atoms with Crippen molar-refractivity contribution in [3.05, 3.63) is 74.8 Å². The summed E-state index contributed by atoms with van der Waals surface area (Å²) in [4.78, 5) is 33.2. The largest absolute Gasteiger partial charge is 0.507 e. The second-order valence-electron chi connectivity index (χ2n) is 13.1. The molecular weight excluding hydrogens is 616 g/mol. The molecule has 5 atom stereocenters. The maximum Gasteiger partial charge on any atom is 0.261 e. The third kappa shape index (κ3) is 4.04. The SMILES string of the molecule is COCOc1c(OC)c(C)cc2c1[C@@H]1C3Cc4c(O)c(C)c5c(c4[C@H](CN4C(=O)c6ccccc6C4=O)N3C(C#N)C(C2)N1C)OCO5. The van der Waals surface area contributed by atoms with Gasteiger partial charge in [-0.2, -0.15) is 5.26 Å². The van der Waals surface area contributed by atoms with Crippen LogP contribution in [0.3, 0.4) is 0 Å². The van der Waals surface area contributed by atoms with Crippen LogP contribution in [-0.2, 0) is 17.6 Å². The molecule has 12 nitrogen and oxygen atoms in total. The topological polar surface area (TPSA) is 134 Å². The van der Waals surface area contributed by atoms with Gasteiger partial charge in [0.1, 0.15) is 11.8 Å². The lowest BCUT2D eigenvalue weighted by Crippen LogP contribution is -2.69. The van der Waals surface area contributed by atoms with E-state index in [-0.39, 0.29) is 44.0 Å². The van der Waals surface area contributed by atoms with Crippen LogP contribution in [0.15, 0.2) is 30.3 Å². The number of aryl methyl sites for hydroxylation is 1. The van der Waals surface area contributed by atoms with Gasteiger partial charge in [-0.05, 0) is 57.0 Å². The Morgan fingerprint density at radius 2 is 1.71 bits per heavy atom. The predicted octanol–water partition coefficient (Wildman–Crippen LogP) is 3.80. The van der Waals surface area contributed by atoms with Crippen molar-refractivity contribution in [3.63, 3.8) is 0 Å². The van der Waals surface area contributed by atoms with Gasteiger partial charge in [0, 0.05) is 48.0 Å². The molecule has 2 bridgehead atoms. The number of hydrogen-bond acceptors (Lipinski definition) is 11. The fourth-order valence-corrected chi connectivity index (χ4v) is 8.84. The number of imide groups is 1. The van der Waals surface area contributed by atoms with Crippen molar-refractivity contribution in [2.75, 3.05) is 41.4 Å². The third-order valence-electron chi connectivity index (χ3n) is 10.8. The molecule has 248 valence electrons. The molecule has 0 aliphatic carbocycles. The summed E-state index contributed by atoms with van der Waals surface area (Å²) in [6.07, 6.45) is 0.915. The van der Waals surface area contributed by atoms with Gasteiger partial charge in [-0.1, -0.05) is 18.2 Å². The molecule has 3 aromatic rings. The molecule has 5 aliphatic rings. The number of phenolic OH excluding ortho intramolecular Hbond substituents is 1. The molecule has 1 saturated heterocycles. The number of amides is 2. The second-order valence-corrected chi connectivity index (χ2v) is 13.1. The van der Waals surface area contributed by atoms with E-state index in [9.17, 15) is 20.0 Å². The summed E-state index contributed by atoms with van der Waals surface area (Å²) in [5.74, 6) is 1.37. The van der Waals surface area contributed by atoms with Gasteiger partial charge in [0.15, 0.2) is 29.8 Å². The van der Waals surface area contributed by atoms with E-state index in [0.29, 0.717) is 63.7 Å². The summed E-state index contributed by atoms with van der Waals surface area (Å²) < 4.78 is 29.4. The smallest absolute Gasteiger partial charge is 0.261 e. The van der Waals surface area contributed by atoms with Crippen LogP contribution in [0.1, 0.15) is 66.2 Å². The molecule has 0 aromatic heterocycles. The van der Waals surface area contributed by atoms with Gasteiger partial charge >= 0.3 is 0 Å². The molecule has 5 heterocycles. The molecule has 12 heteroatoms. The monoisotopic (exact) mass is 652 g/mol. The van der Waals surface area contributed by atoms with E-state index >= 15 is 0 Å². The number of aromatic hydroxyl groups is 1. The second kappa shape index (κ2) is 11.1. The highest BCUT2D eigenvalue weighted by Gasteiger charge is 2.57. The first-order valence-corrected chi connectivity index (χ1v) is 16.0. The summed E-state index contributed by atoms with van der Waals surface area (Å²) >= 11 is 0. The average molecular weight is 653 g/mol. The van der Waals surface area contributed by atoms with Crippen molar-refractivity contribution in [1.29, 1.82) is 5.26 Å². The summed E-state index contributed by atoms with van der Waals surface area (Å²) in [6.45, 7) is 3.69. The first-order chi connectivity index (χ1) is 23.2. The van der Waals surface area contributed by atoms with Crippen molar-refractivity contribution < 1.29 is 38.4 Å². The summed E-state index contributed by atoms with van der Waals surface area (Å²) in [7, 11) is 5.20. The number of likely N-dealkylation sites (N-methyl/N-ethyl adjacent to an activating group) is 1. The maximum absolute atomic E-state index is 13.8. The third-order valence-corrected chi connectivity index (χ3v) is 10.8. The van der Waals surface area contributed by atoms with Crippen LogP contribution in [0.4, 0.5) is 0 Å². The summed E-state index contributed by atoms with van der Waals surface area (Å²) in [6, 6.07) is 9.25. The minimum Gasteiger partial charge on any atom is -0.507 e. The quantitative estimate of drug-likeness (QED) is 0.308. The molecule has 0 saturated carbocycles. The zero-order valence-corrected chi connectivity index (χ0v) is 27.4. The number of ether oxygens (including phenoxy) is 5. The van der Waals surface area contributed by atoms with Crippen LogP contribution < -0.4 is 18.9 Å². The number of methoxy groups -OCH3 is 2. The van der Waals surface area contributed by atoms with E-state index in [4.69, 9.17) is 23.7 Å². The number of benzene rings is 3. The summed E-state index contributed by atoms with van der Waals surface area (Å²) in [5.41, 5.74) is 5.42.